The normalized spacial score (nSPS) is 11.3. The molecule has 33 heavy (non-hydrogen) atoms. The number of hydrogen-bond acceptors (Lipinski definition) is 4. The molecule has 0 aliphatic carbocycles. The van der Waals surface area contributed by atoms with Gasteiger partial charge in [0.2, 0.25) is 5.91 Å². The number of anilines is 1. The van der Waals surface area contributed by atoms with Crippen molar-refractivity contribution in [3.05, 3.63) is 88.1 Å². The van der Waals surface area contributed by atoms with Gasteiger partial charge in [0.15, 0.2) is 0 Å². The molecule has 6 nitrogen and oxygen atoms in total. The molecule has 1 unspecified atom stereocenters. The lowest BCUT2D eigenvalue weighted by molar-refractivity contribution is -0.133. The largest absolute Gasteiger partial charge is 0.332 e. The number of nitrogens with zero attached hydrogens (tertiary/aromatic N) is 3. The topological polar surface area (TPSA) is 76.4 Å². The van der Waals surface area contributed by atoms with E-state index < -0.39 is 0 Å². The molecule has 1 aromatic heterocycles. The Kier molecular flexibility index (Phi) is 8.62. The van der Waals surface area contributed by atoms with E-state index in [0.29, 0.717) is 24.3 Å². The van der Waals surface area contributed by atoms with Crippen LogP contribution in [0.15, 0.2) is 72.1 Å². The summed E-state index contributed by atoms with van der Waals surface area (Å²) in [6.07, 6.45) is 0.720. The van der Waals surface area contributed by atoms with Crippen LogP contribution in [-0.4, -0.2) is 34.3 Å². The molecule has 0 saturated heterocycles. The SMILES string of the molecule is CCC(C)N(CC(=O)N(Cc1ccccc1)Cc1cccs1)C(=O)Nc1ccc(C#N)cc1. The predicted molar refractivity (Wildman–Crippen MR) is 132 cm³/mol. The molecule has 0 fully saturated rings. The van der Waals surface area contributed by atoms with E-state index in [9.17, 15) is 9.59 Å². The number of rotatable bonds is 9. The van der Waals surface area contributed by atoms with Gasteiger partial charge in [0.25, 0.3) is 0 Å². The summed E-state index contributed by atoms with van der Waals surface area (Å²) >= 11 is 1.61. The van der Waals surface area contributed by atoms with Gasteiger partial charge in [-0.25, -0.2) is 4.79 Å². The third kappa shape index (κ3) is 6.93. The smallest absolute Gasteiger partial charge is 0.322 e. The van der Waals surface area contributed by atoms with E-state index in [0.717, 1.165) is 16.9 Å². The Morgan fingerprint density at radius 1 is 1.03 bits per heavy atom. The van der Waals surface area contributed by atoms with Crippen LogP contribution in [0.25, 0.3) is 0 Å². The highest BCUT2D eigenvalue weighted by molar-refractivity contribution is 7.09. The van der Waals surface area contributed by atoms with E-state index in [-0.39, 0.29) is 24.5 Å². The van der Waals surface area contributed by atoms with Crippen LogP contribution in [0.2, 0.25) is 0 Å². The lowest BCUT2D eigenvalue weighted by atomic mass is 10.2. The summed E-state index contributed by atoms with van der Waals surface area (Å²) in [4.78, 5) is 31.0. The zero-order valence-corrected chi connectivity index (χ0v) is 19.7. The molecule has 0 bridgehead atoms. The quantitative estimate of drug-likeness (QED) is 0.459. The number of hydrogen-bond donors (Lipinski definition) is 1. The highest BCUT2D eigenvalue weighted by Crippen LogP contribution is 2.17. The molecule has 1 N–H and O–H groups in total. The van der Waals surface area contributed by atoms with Crippen molar-refractivity contribution in [2.75, 3.05) is 11.9 Å². The molecule has 0 saturated carbocycles. The Hall–Kier alpha value is -3.63. The van der Waals surface area contributed by atoms with Crippen LogP contribution in [0, 0.1) is 11.3 Å². The van der Waals surface area contributed by atoms with Gasteiger partial charge in [0.05, 0.1) is 18.2 Å². The minimum absolute atomic E-state index is 0.0185. The van der Waals surface area contributed by atoms with Gasteiger partial charge in [0.1, 0.15) is 6.54 Å². The van der Waals surface area contributed by atoms with E-state index in [4.69, 9.17) is 5.26 Å². The fourth-order valence-electron chi connectivity index (χ4n) is 3.34. The van der Waals surface area contributed by atoms with Crippen LogP contribution >= 0.6 is 11.3 Å². The molecular formula is C26H28N4O2S. The Labute approximate surface area is 199 Å². The molecular weight excluding hydrogens is 432 g/mol. The number of carbonyl (C=O) groups excluding carboxylic acids is 2. The number of thiophene rings is 1. The van der Waals surface area contributed by atoms with Crippen molar-refractivity contribution < 1.29 is 9.59 Å². The first kappa shape index (κ1) is 24.0. The molecule has 2 aromatic carbocycles. The Morgan fingerprint density at radius 2 is 1.76 bits per heavy atom. The molecule has 0 radical (unpaired) electrons. The van der Waals surface area contributed by atoms with Crippen molar-refractivity contribution in [2.45, 2.75) is 39.4 Å². The first-order valence-electron chi connectivity index (χ1n) is 10.9. The Bertz CT molecular complexity index is 1080. The molecule has 7 heteroatoms. The summed E-state index contributed by atoms with van der Waals surface area (Å²) in [7, 11) is 0. The van der Waals surface area contributed by atoms with Crippen LogP contribution in [-0.2, 0) is 17.9 Å². The average molecular weight is 461 g/mol. The van der Waals surface area contributed by atoms with Crippen molar-refractivity contribution in [3.8, 4) is 6.07 Å². The van der Waals surface area contributed by atoms with Crippen molar-refractivity contribution in [3.63, 3.8) is 0 Å². The lowest BCUT2D eigenvalue weighted by Gasteiger charge is -2.31. The van der Waals surface area contributed by atoms with Crippen molar-refractivity contribution >= 4 is 29.0 Å². The fourth-order valence-corrected chi connectivity index (χ4v) is 4.06. The Morgan fingerprint density at radius 3 is 2.36 bits per heavy atom. The fraction of sp³-hybridized carbons (Fsp3) is 0.269. The zero-order valence-electron chi connectivity index (χ0n) is 18.9. The minimum Gasteiger partial charge on any atom is -0.332 e. The van der Waals surface area contributed by atoms with Crippen molar-refractivity contribution in [2.24, 2.45) is 0 Å². The van der Waals surface area contributed by atoms with E-state index in [2.05, 4.69) is 11.4 Å². The number of urea groups is 1. The van der Waals surface area contributed by atoms with Gasteiger partial charge in [-0.15, -0.1) is 11.3 Å². The molecule has 0 aliphatic rings. The maximum atomic E-state index is 13.4. The number of carbonyl (C=O) groups is 2. The second-order valence-electron chi connectivity index (χ2n) is 7.82. The molecule has 0 spiro atoms. The third-order valence-corrected chi connectivity index (χ3v) is 6.31. The number of nitrogens with one attached hydrogen (secondary N) is 1. The van der Waals surface area contributed by atoms with Crippen LogP contribution in [0.3, 0.4) is 0 Å². The van der Waals surface area contributed by atoms with Gasteiger partial charge >= 0.3 is 6.03 Å². The van der Waals surface area contributed by atoms with Crippen LogP contribution < -0.4 is 5.32 Å². The number of amides is 3. The second kappa shape index (κ2) is 11.8. The van der Waals surface area contributed by atoms with Crippen LogP contribution in [0.1, 0.15) is 36.3 Å². The molecule has 3 rings (SSSR count). The highest BCUT2D eigenvalue weighted by atomic mass is 32.1. The standard InChI is InChI=1S/C26H28N4O2S/c1-3-20(2)30(26(32)28-23-13-11-21(16-27)12-14-23)19-25(31)29(18-24-10-7-15-33-24)17-22-8-5-4-6-9-22/h4-15,20H,3,17-19H2,1-2H3,(H,28,32). The number of nitriles is 1. The van der Waals surface area contributed by atoms with E-state index in [1.54, 1.807) is 45.4 Å². The van der Waals surface area contributed by atoms with Gasteiger partial charge < -0.3 is 15.1 Å². The zero-order chi connectivity index (χ0) is 23.6. The van der Waals surface area contributed by atoms with Gasteiger partial charge in [-0.2, -0.15) is 5.26 Å². The summed E-state index contributed by atoms with van der Waals surface area (Å²) in [6, 6.07) is 22.1. The summed E-state index contributed by atoms with van der Waals surface area (Å²) in [5.41, 5.74) is 2.14. The predicted octanol–water partition coefficient (Wildman–Crippen LogP) is 5.48. The van der Waals surface area contributed by atoms with E-state index >= 15 is 0 Å². The molecule has 1 heterocycles. The monoisotopic (exact) mass is 460 g/mol. The van der Waals surface area contributed by atoms with E-state index in [1.807, 2.05) is 61.7 Å². The summed E-state index contributed by atoms with van der Waals surface area (Å²) in [5, 5.41) is 13.8. The molecule has 1 atom stereocenters. The van der Waals surface area contributed by atoms with Gasteiger partial charge in [-0.1, -0.05) is 43.3 Å². The van der Waals surface area contributed by atoms with E-state index in [1.165, 1.54) is 0 Å². The molecule has 0 aliphatic heterocycles. The maximum absolute atomic E-state index is 13.4. The second-order valence-corrected chi connectivity index (χ2v) is 8.85. The summed E-state index contributed by atoms with van der Waals surface area (Å²) < 4.78 is 0. The van der Waals surface area contributed by atoms with Crippen molar-refractivity contribution in [1.29, 1.82) is 5.26 Å². The minimum atomic E-state index is -0.335. The van der Waals surface area contributed by atoms with Gasteiger partial charge in [-0.05, 0) is 54.6 Å². The first-order chi connectivity index (χ1) is 16.0. The first-order valence-corrected chi connectivity index (χ1v) is 11.8. The Balaban J connectivity index is 1.75. The summed E-state index contributed by atoms with van der Waals surface area (Å²) in [6.45, 7) is 4.88. The van der Waals surface area contributed by atoms with Gasteiger partial charge in [0, 0.05) is 23.2 Å². The molecule has 3 aromatic rings. The summed E-state index contributed by atoms with van der Waals surface area (Å²) in [5.74, 6) is -0.109. The third-order valence-electron chi connectivity index (χ3n) is 5.45. The highest BCUT2D eigenvalue weighted by Gasteiger charge is 2.25. The van der Waals surface area contributed by atoms with Crippen molar-refractivity contribution in [1.82, 2.24) is 9.80 Å². The van der Waals surface area contributed by atoms with Crippen LogP contribution in [0.4, 0.5) is 10.5 Å². The average Bonchev–Trinajstić information content (AvgIpc) is 3.35. The van der Waals surface area contributed by atoms with Crippen LogP contribution in [0.5, 0.6) is 0 Å². The molecule has 3 amide bonds. The number of benzene rings is 2. The lowest BCUT2D eigenvalue weighted by Crippen LogP contribution is -2.47. The van der Waals surface area contributed by atoms with Gasteiger partial charge in [-0.3, -0.25) is 4.79 Å². The molecule has 170 valence electrons. The maximum Gasteiger partial charge on any atom is 0.322 e.